The number of nitrogens with zero attached hydrogens (tertiary/aromatic N) is 1. The van der Waals surface area contributed by atoms with Crippen LogP contribution in [0.15, 0.2) is 46.0 Å². The number of aliphatic carboxylic acids is 1. The Morgan fingerprint density at radius 3 is 2.41 bits per heavy atom. The number of aryl methyl sites for hydroxylation is 1. The highest BCUT2D eigenvalue weighted by molar-refractivity contribution is 9.10. The molecule has 2 aromatic carbocycles. The molecule has 182 valence electrons. The molecule has 0 saturated heterocycles. The number of rotatable bonds is 11. The lowest BCUT2D eigenvalue weighted by Crippen LogP contribution is -2.48. The van der Waals surface area contributed by atoms with Crippen molar-refractivity contribution in [2.24, 2.45) is 11.0 Å². The molecule has 2 aromatic rings. The molecule has 0 fully saturated rings. The predicted molar refractivity (Wildman–Crippen MR) is 131 cm³/mol. The fourth-order valence-corrected chi connectivity index (χ4v) is 3.48. The fraction of sp³-hybridized carbons (Fsp3) is 0.333. The van der Waals surface area contributed by atoms with Crippen molar-refractivity contribution in [3.05, 3.63) is 57.6 Å². The minimum absolute atomic E-state index is 0.172. The summed E-state index contributed by atoms with van der Waals surface area (Å²) in [4.78, 5) is 36.0. The Bertz CT molecular complexity index is 1050. The Morgan fingerprint density at radius 1 is 1.15 bits per heavy atom. The van der Waals surface area contributed by atoms with E-state index in [2.05, 4.69) is 31.8 Å². The second-order valence-corrected chi connectivity index (χ2v) is 8.60. The van der Waals surface area contributed by atoms with Crippen LogP contribution in [0.2, 0.25) is 0 Å². The first-order valence-corrected chi connectivity index (χ1v) is 11.4. The van der Waals surface area contributed by atoms with E-state index in [0.29, 0.717) is 28.0 Å². The third-order valence-electron chi connectivity index (χ3n) is 4.61. The van der Waals surface area contributed by atoms with Gasteiger partial charge in [-0.15, -0.1) is 0 Å². The molecule has 34 heavy (non-hydrogen) atoms. The van der Waals surface area contributed by atoms with Gasteiger partial charge in [-0.3, -0.25) is 9.59 Å². The van der Waals surface area contributed by atoms with Crippen LogP contribution in [0.1, 0.15) is 42.3 Å². The van der Waals surface area contributed by atoms with Crippen molar-refractivity contribution in [3.8, 4) is 11.5 Å². The normalized spacial score (nSPS) is 11.8. The Balaban J connectivity index is 2.10. The van der Waals surface area contributed by atoms with E-state index in [1.807, 2.05) is 32.9 Å². The highest BCUT2D eigenvalue weighted by Gasteiger charge is 2.24. The second-order valence-electron chi connectivity index (χ2n) is 7.74. The number of hydrogen-bond donors (Lipinski definition) is 3. The first kappa shape index (κ1) is 26.8. The Morgan fingerprint density at radius 2 is 1.82 bits per heavy atom. The zero-order chi connectivity index (χ0) is 25.3. The van der Waals surface area contributed by atoms with Crippen molar-refractivity contribution in [2.45, 2.75) is 33.7 Å². The van der Waals surface area contributed by atoms with Crippen LogP contribution in [-0.2, 0) is 9.59 Å². The number of ether oxygens (including phenoxy) is 2. The van der Waals surface area contributed by atoms with Crippen molar-refractivity contribution < 1.29 is 29.0 Å². The number of amides is 2. The number of carboxylic acids is 1. The number of halogens is 1. The van der Waals surface area contributed by atoms with Crippen molar-refractivity contribution >= 4 is 39.9 Å². The number of hydrazone groups is 1. The summed E-state index contributed by atoms with van der Waals surface area (Å²) in [5.41, 5.74) is 4.52. The van der Waals surface area contributed by atoms with Gasteiger partial charge in [-0.1, -0.05) is 31.5 Å². The fourth-order valence-electron chi connectivity index (χ4n) is 2.90. The summed E-state index contributed by atoms with van der Waals surface area (Å²) in [6, 6.07) is 9.54. The quantitative estimate of drug-likeness (QED) is 0.299. The molecule has 1 atom stereocenters. The third kappa shape index (κ3) is 7.87. The van der Waals surface area contributed by atoms with E-state index in [0.717, 1.165) is 5.56 Å². The van der Waals surface area contributed by atoms with Crippen LogP contribution in [0, 0.1) is 12.8 Å². The summed E-state index contributed by atoms with van der Waals surface area (Å²) in [5.74, 6) is -1.51. The summed E-state index contributed by atoms with van der Waals surface area (Å²) >= 11 is 3.34. The second kappa shape index (κ2) is 12.7. The van der Waals surface area contributed by atoms with E-state index in [1.165, 1.54) is 6.21 Å². The van der Waals surface area contributed by atoms with Gasteiger partial charge in [0, 0.05) is 5.56 Å². The molecule has 1 unspecified atom stereocenters. The molecule has 0 heterocycles. The lowest BCUT2D eigenvalue weighted by atomic mass is 10.0. The number of hydrogen-bond acceptors (Lipinski definition) is 6. The number of benzene rings is 2. The largest absolute Gasteiger partial charge is 0.490 e. The van der Waals surface area contributed by atoms with Gasteiger partial charge in [-0.25, -0.2) is 10.2 Å². The highest BCUT2D eigenvalue weighted by atomic mass is 79.9. The lowest BCUT2D eigenvalue weighted by molar-refractivity contribution is -0.139. The van der Waals surface area contributed by atoms with E-state index in [-0.39, 0.29) is 17.6 Å². The highest BCUT2D eigenvalue weighted by Crippen LogP contribution is 2.36. The standard InChI is InChI=1S/C24H28BrN3O6/c1-5-33-19-11-16(10-18(25)22(19)34-13-20(29)30)12-26-28-24(32)21(14(2)3)27-23(31)17-8-6-15(4)7-9-17/h6-12,14,21H,5,13H2,1-4H3,(H,27,31)(H,28,32)(H,29,30)/b26-12+. The zero-order valence-electron chi connectivity index (χ0n) is 19.4. The Labute approximate surface area is 206 Å². The molecule has 0 bridgehead atoms. The average Bonchev–Trinajstić information content (AvgIpc) is 2.77. The number of carbonyl (C=O) groups excluding carboxylic acids is 2. The molecule has 0 radical (unpaired) electrons. The topological polar surface area (TPSA) is 126 Å². The van der Waals surface area contributed by atoms with Gasteiger partial charge in [-0.05, 0) is 65.5 Å². The van der Waals surface area contributed by atoms with Crippen LogP contribution >= 0.6 is 15.9 Å². The predicted octanol–water partition coefficient (Wildman–Crippen LogP) is 3.52. The maximum Gasteiger partial charge on any atom is 0.341 e. The molecule has 0 aliphatic carbocycles. The van der Waals surface area contributed by atoms with Gasteiger partial charge >= 0.3 is 5.97 Å². The summed E-state index contributed by atoms with van der Waals surface area (Å²) < 4.78 is 11.3. The molecular weight excluding hydrogens is 506 g/mol. The van der Waals surface area contributed by atoms with Crippen LogP contribution < -0.4 is 20.2 Å². The van der Waals surface area contributed by atoms with E-state index in [1.54, 1.807) is 31.2 Å². The van der Waals surface area contributed by atoms with Gasteiger partial charge in [0.2, 0.25) is 0 Å². The van der Waals surface area contributed by atoms with Crippen LogP contribution in [0.5, 0.6) is 11.5 Å². The molecular formula is C24H28BrN3O6. The van der Waals surface area contributed by atoms with Crippen LogP contribution in [-0.4, -0.2) is 48.4 Å². The van der Waals surface area contributed by atoms with E-state index < -0.39 is 24.5 Å². The van der Waals surface area contributed by atoms with Crippen LogP contribution in [0.25, 0.3) is 0 Å². The summed E-state index contributed by atoms with van der Waals surface area (Å²) in [6.07, 6.45) is 1.41. The van der Waals surface area contributed by atoms with Crippen molar-refractivity contribution in [2.75, 3.05) is 13.2 Å². The maximum atomic E-state index is 12.7. The molecule has 2 amide bonds. The van der Waals surface area contributed by atoms with E-state index in [4.69, 9.17) is 14.6 Å². The molecule has 0 spiro atoms. The number of carbonyl (C=O) groups is 3. The third-order valence-corrected chi connectivity index (χ3v) is 5.20. The van der Waals surface area contributed by atoms with Crippen LogP contribution in [0.4, 0.5) is 0 Å². The van der Waals surface area contributed by atoms with E-state index >= 15 is 0 Å². The van der Waals surface area contributed by atoms with Gasteiger partial charge < -0.3 is 19.9 Å². The SMILES string of the molecule is CCOc1cc(/C=N/NC(=O)C(NC(=O)c2ccc(C)cc2)C(C)C)cc(Br)c1OCC(=O)O. The van der Waals surface area contributed by atoms with Gasteiger partial charge in [-0.2, -0.15) is 5.10 Å². The Hall–Kier alpha value is -3.40. The molecule has 9 nitrogen and oxygen atoms in total. The molecule has 0 aliphatic heterocycles. The zero-order valence-corrected chi connectivity index (χ0v) is 21.0. The summed E-state index contributed by atoms with van der Waals surface area (Å²) in [7, 11) is 0. The van der Waals surface area contributed by atoms with Gasteiger partial charge in [0.1, 0.15) is 6.04 Å². The van der Waals surface area contributed by atoms with Gasteiger partial charge in [0.05, 0.1) is 17.3 Å². The van der Waals surface area contributed by atoms with Crippen molar-refractivity contribution in [1.29, 1.82) is 0 Å². The minimum atomic E-state index is -1.11. The summed E-state index contributed by atoms with van der Waals surface area (Å²) in [6.45, 7) is 7.18. The first-order chi connectivity index (χ1) is 16.1. The molecule has 10 heteroatoms. The lowest BCUT2D eigenvalue weighted by Gasteiger charge is -2.20. The summed E-state index contributed by atoms with van der Waals surface area (Å²) in [5, 5.41) is 15.6. The molecule has 3 N–H and O–H groups in total. The monoisotopic (exact) mass is 533 g/mol. The molecule has 0 aromatic heterocycles. The van der Waals surface area contributed by atoms with Crippen molar-refractivity contribution in [3.63, 3.8) is 0 Å². The molecule has 0 saturated carbocycles. The maximum absolute atomic E-state index is 12.7. The smallest absolute Gasteiger partial charge is 0.341 e. The van der Waals surface area contributed by atoms with E-state index in [9.17, 15) is 14.4 Å². The molecule has 2 rings (SSSR count). The first-order valence-electron chi connectivity index (χ1n) is 10.6. The number of nitrogens with one attached hydrogen (secondary N) is 2. The molecule has 0 aliphatic rings. The Kier molecular flexibility index (Phi) is 10.1. The average molecular weight is 534 g/mol. The minimum Gasteiger partial charge on any atom is -0.490 e. The van der Waals surface area contributed by atoms with Crippen LogP contribution in [0.3, 0.4) is 0 Å². The van der Waals surface area contributed by atoms with Crippen molar-refractivity contribution in [1.82, 2.24) is 10.7 Å². The van der Waals surface area contributed by atoms with Gasteiger partial charge in [0.25, 0.3) is 11.8 Å². The van der Waals surface area contributed by atoms with Gasteiger partial charge in [0.15, 0.2) is 18.1 Å². The number of carboxylic acid groups (broad SMARTS) is 1.